The molecular weight excluding hydrogens is 278 g/mol. The molecule has 0 radical (unpaired) electrons. The molecule has 0 spiro atoms. The number of sulfonamides is 1. The molecule has 7 heteroatoms. The van der Waals surface area contributed by atoms with Crippen LogP contribution in [0.15, 0.2) is 35.7 Å². The predicted molar refractivity (Wildman–Crippen MR) is 81.2 cm³/mol. The Hall–Kier alpha value is -1.57. The lowest BCUT2D eigenvalue weighted by Crippen LogP contribution is -2.21. The minimum Gasteiger partial charge on any atom is -0.399 e. The Labute approximate surface area is 120 Å². The summed E-state index contributed by atoms with van der Waals surface area (Å²) in [7, 11) is -2.19. The van der Waals surface area contributed by atoms with Gasteiger partial charge in [-0.2, -0.15) is 0 Å². The first-order valence-corrected chi connectivity index (χ1v) is 7.75. The van der Waals surface area contributed by atoms with E-state index in [1.165, 1.54) is 13.1 Å². The third-order valence-corrected chi connectivity index (χ3v) is 4.05. The van der Waals surface area contributed by atoms with E-state index < -0.39 is 10.0 Å². The molecule has 0 aliphatic carbocycles. The largest absolute Gasteiger partial charge is 0.399 e. The fraction of sp³-hybridized carbons (Fsp3) is 0.385. The first kappa shape index (κ1) is 16.5. The van der Waals surface area contributed by atoms with Gasteiger partial charge in [0.1, 0.15) is 4.90 Å². The van der Waals surface area contributed by atoms with Gasteiger partial charge in [-0.15, -0.1) is 6.58 Å². The number of benzene rings is 1. The molecule has 4 N–H and O–H groups in total. The van der Waals surface area contributed by atoms with Gasteiger partial charge in [0.2, 0.25) is 10.0 Å². The molecule has 0 aliphatic heterocycles. The fourth-order valence-electron chi connectivity index (χ4n) is 1.54. The summed E-state index contributed by atoms with van der Waals surface area (Å²) < 4.78 is 31.4. The summed E-state index contributed by atoms with van der Waals surface area (Å²) in [4.78, 5) is 0.131. The van der Waals surface area contributed by atoms with E-state index in [2.05, 4.69) is 16.6 Å². The first-order chi connectivity index (χ1) is 9.51. The van der Waals surface area contributed by atoms with Crippen molar-refractivity contribution in [3.05, 3.63) is 30.9 Å². The average Bonchev–Trinajstić information content (AvgIpc) is 2.44. The third-order valence-electron chi connectivity index (χ3n) is 2.59. The van der Waals surface area contributed by atoms with Gasteiger partial charge in [0.25, 0.3) is 0 Å². The van der Waals surface area contributed by atoms with Gasteiger partial charge in [-0.25, -0.2) is 13.1 Å². The summed E-state index contributed by atoms with van der Waals surface area (Å²) >= 11 is 0. The second-order valence-electron chi connectivity index (χ2n) is 4.08. The van der Waals surface area contributed by atoms with Crippen LogP contribution in [0.4, 0.5) is 11.4 Å². The van der Waals surface area contributed by atoms with Crippen LogP contribution in [0.1, 0.15) is 6.42 Å². The van der Waals surface area contributed by atoms with Crippen molar-refractivity contribution in [2.24, 2.45) is 0 Å². The van der Waals surface area contributed by atoms with Crippen LogP contribution in [0, 0.1) is 0 Å². The molecule has 6 nitrogen and oxygen atoms in total. The molecule has 20 heavy (non-hydrogen) atoms. The standard InChI is InChI=1S/C13H21N3O3S/c1-3-4-8-19-9-7-16-12-6-5-11(14)10-13(12)20(17,18)15-2/h3,5-6,10,15-16H,1,4,7-9,14H2,2H3. The number of rotatable bonds is 9. The quantitative estimate of drug-likeness (QED) is 0.362. The van der Waals surface area contributed by atoms with Crippen molar-refractivity contribution >= 4 is 21.4 Å². The maximum atomic E-state index is 11.9. The molecule has 0 heterocycles. The van der Waals surface area contributed by atoms with Crippen LogP contribution in [0.25, 0.3) is 0 Å². The second kappa shape index (κ2) is 7.88. The molecule has 1 aromatic carbocycles. The fourth-order valence-corrected chi connectivity index (χ4v) is 2.48. The van der Waals surface area contributed by atoms with E-state index in [1.807, 2.05) is 0 Å². The highest BCUT2D eigenvalue weighted by Crippen LogP contribution is 2.23. The van der Waals surface area contributed by atoms with Crippen LogP contribution >= 0.6 is 0 Å². The number of nitrogen functional groups attached to an aromatic ring is 1. The number of anilines is 2. The topological polar surface area (TPSA) is 93.4 Å². The van der Waals surface area contributed by atoms with Gasteiger partial charge >= 0.3 is 0 Å². The molecule has 0 saturated carbocycles. The summed E-state index contributed by atoms with van der Waals surface area (Å²) in [6.07, 6.45) is 2.58. The average molecular weight is 299 g/mol. The molecule has 0 aromatic heterocycles. The van der Waals surface area contributed by atoms with Gasteiger partial charge in [-0.05, 0) is 31.7 Å². The van der Waals surface area contributed by atoms with Gasteiger partial charge in [-0.3, -0.25) is 0 Å². The van der Waals surface area contributed by atoms with Crippen LogP contribution in [0.3, 0.4) is 0 Å². The highest BCUT2D eigenvalue weighted by molar-refractivity contribution is 7.89. The van der Waals surface area contributed by atoms with Crippen LogP contribution < -0.4 is 15.8 Å². The SMILES string of the molecule is C=CCCOCCNc1ccc(N)cc1S(=O)(=O)NC. The minimum absolute atomic E-state index is 0.131. The lowest BCUT2D eigenvalue weighted by atomic mass is 10.3. The minimum atomic E-state index is -3.55. The van der Waals surface area contributed by atoms with Gasteiger partial charge in [0.15, 0.2) is 0 Å². The molecule has 1 aromatic rings. The van der Waals surface area contributed by atoms with E-state index in [0.29, 0.717) is 31.1 Å². The van der Waals surface area contributed by atoms with Crippen LogP contribution in [-0.2, 0) is 14.8 Å². The molecular formula is C13H21N3O3S. The summed E-state index contributed by atoms with van der Waals surface area (Å²) in [5, 5.41) is 3.03. The second-order valence-corrected chi connectivity index (χ2v) is 5.93. The maximum absolute atomic E-state index is 11.9. The smallest absolute Gasteiger partial charge is 0.242 e. The Bertz CT molecular complexity index is 544. The van der Waals surface area contributed by atoms with E-state index in [-0.39, 0.29) is 4.90 Å². The molecule has 0 saturated heterocycles. The predicted octanol–water partition coefficient (Wildman–Crippen LogP) is 1.18. The summed E-state index contributed by atoms with van der Waals surface area (Å²) in [6, 6.07) is 4.71. The van der Waals surface area contributed by atoms with E-state index in [1.54, 1.807) is 18.2 Å². The molecule has 0 bridgehead atoms. The van der Waals surface area contributed by atoms with E-state index in [0.717, 1.165) is 6.42 Å². The van der Waals surface area contributed by atoms with Crippen molar-refractivity contribution in [3.63, 3.8) is 0 Å². The molecule has 0 aliphatic rings. The molecule has 0 atom stereocenters. The zero-order chi connectivity index (χ0) is 15.0. The Balaban J connectivity index is 2.68. The molecule has 0 unspecified atom stereocenters. The van der Waals surface area contributed by atoms with E-state index in [4.69, 9.17) is 10.5 Å². The zero-order valence-electron chi connectivity index (χ0n) is 11.6. The molecule has 0 fully saturated rings. The van der Waals surface area contributed by atoms with Gasteiger partial charge in [0.05, 0.1) is 18.9 Å². The van der Waals surface area contributed by atoms with Gasteiger partial charge in [-0.1, -0.05) is 6.08 Å². The van der Waals surface area contributed by atoms with Gasteiger partial charge < -0.3 is 15.8 Å². The number of hydrogen-bond donors (Lipinski definition) is 3. The highest BCUT2D eigenvalue weighted by atomic mass is 32.2. The van der Waals surface area contributed by atoms with Crippen molar-refractivity contribution < 1.29 is 13.2 Å². The summed E-state index contributed by atoms with van der Waals surface area (Å²) in [5.74, 6) is 0. The zero-order valence-corrected chi connectivity index (χ0v) is 12.4. The van der Waals surface area contributed by atoms with Gasteiger partial charge in [0, 0.05) is 12.2 Å². The van der Waals surface area contributed by atoms with Crippen molar-refractivity contribution in [3.8, 4) is 0 Å². The third kappa shape index (κ3) is 4.84. The number of nitrogens with one attached hydrogen (secondary N) is 2. The van der Waals surface area contributed by atoms with Crippen molar-refractivity contribution in [2.75, 3.05) is 37.9 Å². The maximum Gasteiger partial charge on any atom is 0.242 e. The molecule has 0 amide bonds. The number of hydrogen-bond acceptors (Lipinski definition) is 5. The van der Waals surface area contributed by atoms with Crippen LogP contribution in [0.2, 0.25) is 0 Å². The lowest BCUT2D eigenvalue weighted by molar-refractivity contribution is 0.149. The summed E-state index contributed by atoms with van der Waals surface area (Å²) in [5.41, 5.74) is 6.53. The first-order valence-electron chi connectivity index (χ1n) is 6.27. The Morgan fingerprint density at radius 3 is 2.80 bits per heavy atom. The van der Waals surface area contributed by atoms with Crippen molar-refractivity contribution in [2.45, 2.75) is 11.3 Å². The summed E-state index contributed by atoms with van der Waals surface area (Å²) in [6.45, 7) is 5.20. The highest BCUT2D eigenvalue weighted by Gasteiger charge is 2.16. The van der Waals surface area contributed by atoms with Crippen molar-refractivity contribution in [1.29, 1.82) is 0 Å². The van der Waals surface area contributed by atoms with E-state index in [9.17, 15) is 8.42 Å². The molecule has 1 rings (SSSR count). The van der Waals surface area contributed by atoms with Crippen LogP contribution in [0.5, 0.6) is 0 Å². The normalized spacial score (nSPS) is 11.2. The Morgan fingerprint density at radius 1 is 1.40 bits per heavy atom. The van der Waals surface area contributed by atoms with Crippen LogP contribution in [-0.4, -0.2) is 35.2 Å². The molecule has 112 valence electrons. The number of ether oxygens (including phenoxy) is 1. The lowest BCUT2D eigenvalue weighted by Gasteiger charge is -2.13. The number of nitrogens with two attached hydrogens (primary N) is 1. The Kier molecular flexibility index (Phi) is 6.50. The van der Waals surface area contributed by atoms with E-state index >= 15 is 0 Å². The Morgan fingerprint density at radius 2 is 2.15 bits per heavy atom. The monoisotopic (exact) mass is 299 g/mol. The van der Waals surface area contributed by atoms with Crippen molar-refractivity contribution in [1.82, 2.24) is 4.72 Å².